The topological polar surface area (TPSA) is 12.9 Å². The molecule has 2 aromatic rings. The van der Waals surface area contributed by atoms with Crippen LogP contribution in [-0.4, -0.2) is 18.3 Å². The summed E-state index contributed by atoms with van der Waals surface area (Å²) in [5.41, 5.74) is 5.43. The van der Waals surface area contributed by atoms with Gasteiger partial charge in [0.1, 0.15) is 0 Å². The van der Waals surface area contributed by atoms with Crippen molar-refractivity contribution in [1.29, 1.82) is 0 Å². The van der Waals surface area contributed by atoms with Gasteiger partial charge in [-0.1, -0.05) is 0 Å². The van der Waals surface area contributed by atoms with Crippen molar-refractivity contribution in [3.8, 4) is 11.3 Å². The second-order valence-corrected chi connectivity index (χ2v) is 19.2. The third kappa shape index (κ3) is 4.45. The number of hydrogen-bond acceptors (Lipinski definition) is 1. The van der Waals surface area contributed by atoms with E-state index < -0.39 is 13.3 Å². The Hall–Kier alpha value is -1.09. The van der Waals surface area contributed by atoms with E-state index >= 15 is 0 Å². The number of pyridine rings is 1. The Balaban J connectivity index is 2.54. The summed E-state index contributed by atoms with van der Waals surface area (Å²) in [6.45, 7) is 9.09. The van der Waals surface area contributed by atoms with E-state index in [0.29, 0.717) is 5.41 Å². The van der Waals surface area contributed by atoms with Crippen molar-refractivity contribution in [3.05, 3.63) is 47.7 Å². The summed E-state index contributed by atoms with van der Waals surface area (Å²) in [5.74, 6) is 7.36. The van der Waals surface area contributed by atoms with Crippen LogP contribution in [0.25, 0.3) is 11.3 Å². The van der Waals surface area contributed by atoms with Crippen LogP contribution in [0, 0.1) is 12.3 Å². The Bertz CT molecular complexity index is 660. The molecule has 22 heavy (non-hydrogen) atoms. The maximum absolute atomic E-state index is 4.79. The van der Waals surface area contributed by atoms with E-state index in [2.05, 4.69) is 81.5 Å². The summed E-state index contributed by atoms with van der Waals surface area (Å²) in [7, 11) is 0. The van der Waals surface area contributed by atoms with Crippen molar-refractivity contribution in [1.82, 2.24) is 4.98 Å². The molecule has 1 aromatic heterocycles. The first-order valence-corrected chi connectivity index (χ1v) is 15.5. The molecule has 0 atom stereocenters. The van der Waals surface area contributed by atoms with Gasteiger partial charge in [-0.25, -0.2) is 0 Å². The van der Waals surface area contributed by atoms with Crippen LogP contribution in [0.4, 0.5) is 0 Å². The van der Waals surface area contributed by atoms with Crippen molar-refractivity contribution >= 4 is 17.7 Å². The number of rotatable bonds is 3. The van der Waals surface area contributed by atoms with Gasteiger partial charge in [-0.3, -0.25) is 0 Å². The summed E-state index contributed by atoms with van der Waals surface area (Å²) in [5, 5.41) is 0. The fraction of sp³-hybridized carbons (Fsp3) is 0.450. The molecule has 0 N–H and O–H groups in total. The summed E-state index contributed by atoms with van der Waals surface area (Å²) < 4.78 is 1.55. The number of aromatic nitrogens is 1. The van der Waals surface area contributed by atoms with Crippen LogP contribution in [-0.2, 0) is 6.42 Å². The van der Waals surface area contributed by atoms with Crippen LogP contribution < -0.4 is 4.40 Å². The molecular weight excluding hydrogens is 327 g/mol. The Morgan fingerprint density at radius 3 is 2.27 bits per heavy atom. The quantitative estimate of drug-likeness (QED) is 0.690. The number of hydrogen-bond donors (Lipinski definition) is 0. The molecule has 0 aliphatic rings. The van der Waals surface area contributed by atoms with Crippen molar-refractivity contribution in [2.75, 3.05) is 0 Å². The van der Waals surface area contributed by atoms with Gasteiger partial charge in [-0.05, 0) is 0 Å². The molecule has 0 amide bonds. The molecule has 0 spiro atoms. The normalized spacial score (nSPS) is 12.5. The second-order valence-electron chi connectivity index (χ2n) is 8.58. The van der Waals surface area contributed by atoms with Crippen molar-refractivity contribution < 1.29 is 0 Å². The minimum absolute atomic E-state index is 0.299. The molecule has 2 rings (SSSR count). The minimum atomic E-state index is -1.90. The Kier molecular flexibility index (Phi) is 4.86. The van der Waals surface area contributed by atoms with E-state index in [-0.39, 0.29) is 0 Å². The van der Waals surface area contributed by atoms with Gasteiger partial charge in [0, 0.05) is 0 Å². The Morgan fingerprint density at radius 1 is 1.05 bits per heavy atom. The van der Waals surface area contributed by atoms with Gasteiger partial charge < -0.3 is 0 Å². The van der Waals surface area contributed by atoms with Gasteiger partial charge in [-0.15, -0.1) is 0 Å². The van der Waals surface area contributed by atoms with Gasteiger partial charge >= 0.3 is 138 Å². The average Bonchev–Trinajstić information content (AvgIpc) is 2.35. The molecule has 0 bridgehead atoms. The fourth-order valence-electron chi connectivity index (χ4n) is 2.85. The monoisotopic (exact) mass is 357 g/mol. The van der Waals surface area contributed by atoms with Crippen LogP contribution >= 0.6 is 0 Å². The third-order valence-corrected chi connectivity index (χ3v) is 8.17. The zero-order valence-electron chi connectivity index (χ0n) is 15.1. The van der Waals surface area contributed by atoms with E-state index in [1.165, 1.54) is 16.7 Å². The first-order valence-electron chi connectivity index (χ1n) is 8.13. The molecule has 0 aliphatic heterocycles. The molecule has 2 heteroatoms. The maximum atomic E-state index is 4.79. The fourth-order valence-corrected chi connectivity index (χ4v) is 6.16. The Labute approximate surface area is 138 Å². The van der Waals surface area contributed by atoms with Crippen LogP contribution in [0.1, 0.15) is 31.9 Å². The Morgan fingerprint density at radius 2 is 1.73 bits per heavy atom. The molecule has 1 aromatic carbocycles. The van der Waals surface area contributed by atoms with E-state index in [1.54, 1.807) is 4.40 Å². The molecule has 1 nitrogen and oxygen atoms in total. The first kappa shape index (κ1) is 17.3. The predicted molar refractivity (Wildman–Crippen MR) is 101 cm³/mol. The van der Waals surface area contributed by atoms with E-state index in [1.807, 2.05) is 0 Å². The standard InChI is InChI=1S/C20H29GeN/c1-15-9-8-10-16(11-15)19-12-17(13-20(2,3)4)18(14-22-19)21(5,6)7/h8-12,14H,13H2,1-7H3. The molecule has 0 saturated carbocycles. The van der Waals surface area contributed by atoms with E-state index in [9.17, 15) is 0 Å². The van der Waals surface area contributed by atoms with E-state index in [4.69, 9.17) is 4.98 Å². The molecule has 0 unspecified atom stereocenters. The number of benzene rings is 1. The molecular formula is C20H29GeN. The van der Waals surface area contributed by atoms with Crippen LogP contribution in [0.2, 0.25) is 17.3 Å². The molecule has 118 valence electrons. The average molecular weight is 356 g/mol. The van der Waals surface area contributed by atoms with Crippen molar-refractivity contribution in [2.24, 2.45) is 5.41 Å². The molecule has 0 saturated heterocycles. The third-order valence-electron chi connectivity index (χ3n) is 3.83. The summed E-state index contributed by atoms with van der Waals surface area (Å²) >= 11 is -1.90. The van der Waals surface area contributed by atoms with Crippen LogP contribution in [0.5, 0.6) is 0 Å². The predicted octanol–water partition coefficient (Wildman–Crippen LogP) is 5.19. The van der Waals surface area contributed by atoms with Crippen LogP contribution in [0.15, 0.2) is 36.5 Å². The number of aryl methyl sites for hydroxylation is 1. The van der Waals surface area contributed by atoms with Crippen molar-refractivity contribution in [3.63, 3.8) is 0 Å². The van der Waals surface area contributed by atoms with Crippen LogP contribution in [0.3, 0.4) is 0 Å². The molecule has 0 radical (unpaired) electrons. The summed E-state index contributed by atoms with van der Waals surface area (Å²) in [4.78, 5) is 4.79. The second kappa shape index (κ2) is 6.19. The zero-order chi connectivity index (χ0) is 16.5. The summed E-state index contributed by atoms with van der Waals surface area (Å²) in [6, 6.07) is 11.0. The molecule has 0 fully saturated rings. The molecule has 0 aliphatic carbocycles. The van der Waals surface area contributed by atoms with Gasteiger partial charge in [0.05, 0.1) is 0 Å². The summed E-state index contributed by atoms with van der Waals surface area (Å²) in [6.07, 6.45) is 3.28. The van der Waals surface area contributed by atoms with Gasteiger partial charge in [0.2, 0.25) is 0 Å². The first-order chi connectivity index (χ1) is 10.1. The zero-order valence-corrected chi connectivity index (χ0v) is 17.2. The van der Waals surface area contributed by atoms with Gasteiger partial charge in [-0.2, -0.15) is 0 Å². The van der Waals surface area contributed by atoms with Crippen molar-refractivity contribution in [2.45, 2.75) is 51.4 Å². The van der Waals surface area contributed by atoms with E-state index in [0.717, 1.165) is 12.1 Å². The van der Waals surface area contributed by atoms with Gasteiger partial charge in [0.25, 0.3) is 0 Å². The number of nitrogens with zero attached hydrogens (tertiary/aromatic N) is 1. The molecule has 1 heterocycles. The van der Waals surface area contributed by atoms with Gasteiger partial charge in [0.15, 0.2) is 0 Å². The SMILES string of the molecule is Cc1cccc(-c2cc(CC(C)(C)C)[c]([Ge]([CH3])([CH3])[CH3])cn2)c1.